The third-order valence-electron chi connectivity index (χ3n) is 1.73. The Morgan fingerprint density at radius 2 is 1.71 bits per heavy atom. The third kappa shape index (κ3) is 5.31. The Balaban J connectivity index is 4.76. The van der Waals surface area contributed by atoms with E-state index < -0.39 is 0 Å². The summed E-state index contributed by atoms with van der Waals surface area (Å²) in [7, 11) is 0. The number of carbonyl (C=O) groups excluding carboxylic acids is 1. The van der Waals surface area contributed by atoms with E-state index in [9.17, 15) is 4.79 Å². The van der Waals surface area contributed by atoms with E-state index in [1.54, 1.807) is 13.0 Å². The zero-order valence-electron chi connectivity index (χ0n) is 9.42. The van der Waals surface area contributed by atoms with E-state index in [0.29, 0.717) is 0 Å². The average Bonchev–Trinajstić information content (AvgIpc) is 2.03. The van der Waals surface area contributed by atoms with Crippen LogP contribution < -0.4 is 0 Å². The molecular formula is C13H18O. The van der Waals surface area contributed by atoms with Gasteiger partial charge in [-0.15, -0.1) is 0 Å². The molecule has 0 amide bonds. The summed E-state index contributed by atoms with van der Waals surface area (Å²) in [5.74, 6) is 0.0625. The van der Waals surface area contributed by atoms with E-state index in [-0.39, 0.29) is 5.78 Å². The molecule has 0 saturated heterocycles. The Hall–Kier alpha value is -1.37. The molecule has 1 heteroatoms. The van der Waals surface area contributed by atoms with Gasteiger partial charge in [-0.05, 0) is 44.9 Å². The maximum atomic E-state index is 10.8. The van der Waals surface area contributed by atoms with E-state index in [4.69, 9.17) is 0 Å². The highest BCUT2D eigenvalue weighted by molar-refractivity contribution is 5.87. The van der Waals surface area contributed by atoms with Crippen molar-refractivity contribution in [3.05, 3.63) is 47.6 Å². The molecule has 0 aliphatic rings. The molecule has 0 aliphatic carbocycles. The molecule has 0 radical (unpaired) electrons. The molecule has 0 aromatic heterocycles. The molecule has 14 heavy (non-hydrogen) atoms. The summed E-state index contributed by atoms with van der Waals surface area (Å²) < 4.78 is 0. The van der Waals surface area contributed by atoms with Gasteiger partial charge in [0.15, 0.2) is 5.78 Å². The molecule has 76 valence electrons. The zero-order valence-corrected chi connectivity index (χ0v) is 9.42. The Bertz CT molecular complexity index is 314. The predicted octanol–water partition coefficient (Wildman–Crippen LogP) is 3.60. The highest BCUT2D eigenvalue weighted by atomic mass is 16.1. The van der Waals surface area contributed by atoms with Gasteiger partial charge in [0, 0.05) is 0 Å². The van der Waals surface area contributed by atoms with Gasteiger partial charge in [0.2, 0.25) is 0 Å². The van der Waals surface area contributed by atoms with Crippen molar-refractivity contribution in [1.29, 1.82) is 0 Å². The number of hydrogen-bond donors (Lipinski definition) is 0. The summed E-state index contributed by atoms with van der Waals surface area (Å²) in [6.07, 6.45) is 7.39. The van der Waals surface area contributed by atoms with E-state index in [2.05, 4.69) is 6.58 Å². The van der Waals surface area contributed by atoms with Crippen LogP contribution in [-0.4, -0.2) is 5.78 Å². The summed E-state index contributed by atoms with van der Waals surface area (Å²) in [6, 6.07) is 0. The molecular weight excluding hydrogens is 172 g/mol. The van der Waals surface area contributed by atoms with Crippen molar-refractivity contribution in [3.8, 4) is 0 Å². The standard InChI is InChI=1S/C13H18O/c1-6-13(8-7-12(5)14)11(4)9-10(2)3/h6-9H,2H2,1,3-5H3/b8-7-,11-9-,13-6-. The van der Waals surface area contributed by atoms with Gasteiger partial charge in [-0.1, -0.05) is 30.4 Å². The van der Waals surface area contributed by atoms with Crippen LogP contribution in [0.5, 0.6) is 0 Å². The van der Waals surface area contributed by atoms with Crippen LogP contribution in [0.3, 0.4) is 0 Å². The van der Waals surface area contributed by atoms with Crippen molar-refractivity contribution >= 4 is 5.78 Å². The van der Waals surface area contributed by atoms with Gasteiger partial charge in [0.25, 0.3) is 0 Å². The maximum absolute atomic E-state index is 10.8. The highest BCUT2D eigenvalue weighted by Gasteiger charge is 1.94. The molecule has 1 nitrogen and oxygen atoms in total. The molecule has 0 saturated carbocycles. The molecule has 0 spiro atoms. The lowest BCUT2D eigenvalue weighted by molar-refractivity contribution is -0.112. The Kier molecular flexibility index (Phi) is 5.54. The first-order valence-corrected chi connectivity index (χ1v) is 4.66. The van der Waals surface area contributed by atoms with Gasteiger partial charge in [0.05, 0.1) is 0 Å². The summed E-state index contributed by atoms with van der Waals surface area (Å²) in [5, 5.41) is 0. The SMILES string of the molecule is C=C(C)\C=C(C)/C(/C=C\C(C)=O)=C\C. The Morgan fingerprint density at radius 1 is 1.14 bits per heavy atom. The number of allylic oxidation sites excluding steroid dienone is 7. The number of hydrogen-bond acceptors (Lipinski definition) is 1. The first-order valence-electron chi connectivity index (χ1n) is 4.66. The fraction of sp³-hybridized carbons (Fsp3) is 0.308. The van der Waals surface area contributed by atoms with Gasteiger partial charge in [-0.2, -0.15) is 0 Å². The second kappa shape index (κ2) is 6.14. The molecule has 0 N–H and O–H groups in total. The summed E-state index contributed by atoms with van der Waals surface area (Å²) >= 11 is 0. The van der Waals surface area contributed by atoms with Crippen LogP contribution in [0.25, 0.3) is 0 Å². The summed E-state index contributed by atoms with van der Waals surface area (Å²) in [5.41, 5.74) is 3.19. The highest BCUT2D eigenvalue weighted by Crippen LogP contribution is 2.12. The Morgan fingerprint density at radius 3 is 2.07 bits per heavy atom. The molecule has 0 aromatic carbocycles. The lowest BCUT2D eigenvalue weighted by Crippen LogP contribution is -1.85. The third-order valence-corrected chi connectivity index (χ3v) is 1.73. The van der Waals surface area contributed by atoms with Crippen molar-refractivity contribution in [2.75, 3.05) is 0 Å². The molecule has 0 unspecified atom stereocenters. The minimum absolute atomic E-state index is 0.0625. The fourth-order valence-corrected chi connectivity index (χ4v) is 1.12. The van der Waals surface area contributed by atoms with Crippen molar-refractivity contribution in [2.45, 2.75) is 27.7 Å². The van der Waals surface area contributed by atoms with Gasteiger partial charge >= 0.3 is 0 Å². The van der Waals surface area contributed by atoms with Crippen molar-refractivity contribution < 1.29 is 4.79 Å². The van der Waals surface area contributed by atoms with Crippen LogP contribution in [0, 0.1) is 0 Å². The maximum Gasteiger partial charge on any atom is 0.152 e. The van der Waals surface area contributed by atoms with Crippen LogP contribution in [0.4, 0.5) is 0 Å². The molecule has 0 aliphatic heterocycles. The monoisotopic (exact) mass is 190 g/mol. The number of carbonyl (C=O) groups is 1. The van der Waals surface area contributed by atoms with Crippen molar-refractivity contribution in [3.63, 3.8) is 0 Å². The topological polar surface area (TPSA) is 17.1 Å². The van der Waals surface area contributed by atoms with Crippen LogP contribution in [0.15, 0.2) is 47.6 Å². The van der Waals surface area contributed by atoms with Crippen LogP contribution in [0.1, 0.15) is 27.7 Å². The lowest BCUT2D eigenvalue weighted by Gasteiger charge is -2.01. The van der Waals surface area contributed by atoms with E-state index in [1.807, 2.05) is 39.0 Å². The number of rotatable bonds is 4. The lowest BCUT2D eigenvalue weighted by atomic mass is 10.0. The van der Waals surface area contributed by atoms with Crippen LogP contribution >= 0.6 is 0 Å². The Labute approximate surface area is 86.5 Å². The van der Waals surface area contributed by atoms with Crippen molar-refractivity contribution in [2.24, 2.45) is 0 Å². The van der Waals surface area contributed by atoms with Gasteiger partial charge in [0.1, 0.15) is 0 Å². The first kappa shape index (κ1) is 12.6. The summed E-state index contributed by atoms with van der Waals surface area (Å²) in [4.78, 5) is 10.8. The van der Waals surface area contributed by atoms with Gasteiger partial charge in [-0.25, -0.2) is 0 Å². The van der Waals surface area contributed by atoms with Crippen LogP contribution in [0.2, 0.25) is 0 Å². The minimum atomic E-state index is 0.0625. The van der Waals surface area contributed by atoms with E-state index in [1.165, 1.54) is 0 Å². The molecule has 0 fully saturated rings. The molecule has 0 atom stereocenters. The molecule has 0 bridgehead atoms. The first-order chi connectivity index (χ1) is 6.47. The van der Waals surface area contributed by atoms with Crippen LogP contribution in [-0.2, 0) is 4.79 Å². The second-order valence-electron chi connectivity index (χ2n) is 3.36. The molecule has 0 aromatic rings. The largest absolute Gasteiger partial charge is 0.295 e. The van der Waals surface area contributed by atoms with Gasteiger partial charge in [-0.3, -0.25) is 4.79 Å². The van der Waals surface area contributed by atoms with E-state index in [0.717, 1.165) is 16.7 Å². The normalized spacial score (nSPS) is 13.4. The summed E-state index contributed by atoms with van der Waals surface area (Å²) in [6.45, 7) is 11.3. The predicted molar refractivity (Wildman–Crippen MR) is 62.1 cm³/mol. The smallest absolute Gasteiger partial charge is 0.152 e. The number of ketones is 1. The second-order valence-corrected chi connectivity index (χ2v) is 3.36. The molecule has 0 rings (SSSR count). The molecule has 0 heterocycles. The minimum Gasteiger partial charge on any atom is -0.295 e. The van der Waals surface area contributed by atoms with Crippen molar-refractivity contribution in [1.82, 2.24) is 0 Å². The zero-order chi connectivity index (χ0) is 11.1. The quantitative estimate of drug-likeness (QED) is 0.489. The van der Waals surface area contributed by atoms with Gasteiger partial charge < -0.3 is 0 Å². The average molecular weight is 190 g/mol. The fourth-order valence-electron chi connectivity index (χ4n) is 1.12. The van der Waals surface area contributed by atoms with E-state index >= 15 is 0 Å².